The summed E-state index contributed by atoms with van der Waals surface area (Å²) in [6.07, 6.45) is 3.60. The molecule has 4 nitrogen and oxygen atoms in total. The first kappa shape index (κ1) is 17.3. The molecule has 0 heterocycles. The molecule has 0 bridgehead atoms. The molecule has 0 aromatic rings. The van der Waals surface area contributed by atoms with Gasteiger partial charge in [0.25, 0.3) is 0 Å². The summed E-state index contributed by atoms with van der Waals surface area (Å²) in [4.78, 5) is 20.0. The van der Waals surface area contributed by atoms with Gasteiger partial charge in [-0.25, -0.2) is 0 Å². The minimum atomic E-state index is -1.07. The van der Waals surface area contributed by atoms with Crippen LogP contribution in [0, 0.1) is 0 Å². The standard InChI is InChI=1S/C8H12O4S2.Ni/c9-7(10)5-13-3-1-2-4-14-6-8(11)12;/h1-2H,3-6H2,(H,9,10)(H,11,12);/q;+2/p-2. The minimum Gasteiger partial charge on any atom is -0.549 e. The summed E-state index contributed by atoms with van der Waals surface area (Å²) in [6.45, 7) is 0. The molecule has 15 heavy (non-hydrogen) atoms. The third kappa shape index (κ3) is 16.5. The van der Waals surface area contributed by atoms with E-state index in [0.717, 1.165) is 0 Å². The molecule has 0 saturated heterocycles. The summed E-state index contributed by atoms with van der Waals surface area (Å²) >= 11 is 2.48. The minimum absolute atomic E-state index is 0. The fourth-order valence-corrected chi connectivity index (χ4v) is 1.67. The predicted octanol–water partition coefficient (Wildman–Crippen LogP) is -1.49. The smallest absolute Gasteiger partial charge is 0.549 e. The van der Waals surface area contributed by atoms with E-state index < -0.39 is 11.9 Å². The Morgan fingerprint density at radius 3 is 1.53 bits per heavy atom. The molecule has 0 spiro atoms. The second kappa shape index (κ2) is 11.9. The number of rotatable bonds is 8. The molecule has 0 aliphatic heterocycles. The molecule has 0 saturated carbocycles. The monoisotopic (exact) mass is 292 g/mol. The number of carbonyl (C=O) groups is 2. The van der Waals surface area contributed by atoms with Crippen LogP contribution < -0.4 is 10.2 Å². The normalized spacial score (nSPS) is 9.87. The van der Waals surface area contributed by atoms with Crippen LogP contribution in [0.15, 0.2) is 12.2 Å². The zero-order valence-electron chi connectivity index (χ0n) is 7.75. The quantitative estimate of drug-likeness (QED) is 0.308. The number of carbonyl (C=O) groups excluding carboxylic acids is 2. The number of hydrogen-bond donors (Lipinski definition) is 0. The number of carboxylic acid groups (broad SMARTS) is 2. The van der Waals surface area contributed by atoms with E-state index >= 15 is 0 Å². The van der Waals surface area contributed by atoms with Crippen molar-refractivity contribution in [2.75, 3.05) is 23.0 Å². The van der Waals surface area contributed by atoms with E-state index in [1.54, 1.807) is 12.2 Å². The maximum atomic E-state index is 9.98. The van der Waals surface area contributed by atoms with Gasteiger partial charge >= 0.3 is 16.5 Å². The Bertz CT molecular complexity index is 199. The van der Waals surface area contributed by atoms with Gasteiger partial charge in [0.05, 0.1) is 11.9 Å². The molecule has 0 aromatic carbocycles. The van der Waals surface area contributed by atoms with Crippen molar-refractivity contribution in [3.05, 3.63) is 12.2 Å². The summed E-state index contributed by atoms with van der Waals surface area (Å²) in [7, 11) is 0. The maximum absolute atomic E-state index is 9.98. The molecule has 88 valence electrons. The molecule has 0 aromatic heterocycles. The van der Waals surface area contributed by atoms with Crippen molar-refractivity contribution >= 4 is 35.5 Å². The van der Waals surface area contributed by atoms with E-state index in [1.165, 1.54) is 23.5 Å². The van der Waals surface area contributed by atoms with Gasteiger partial charge in [-0.2, -0.15) is 23.5 Å². The van der Waals surface area contributed by atoms with Crippen LogP contribution in [0.5, 0.6) is 0 Å². The summed E-state index contributed by atoms with van der Waals surface area (Å²) < 4.78 is 0. The van der Waals surface area contributed by atoms with Gasteiger partial charge in [0, 0.05) is 23.0 Å². The average molecular weight is 293 g/mol. The Labute approximate surface area is 107 Å². The van der Waals surface area contributed by atoms with Crippen LogP contribution >= 0.6 is 23.5 Å². The van der Waals surface area contributed by atoms with Crippen molar-refractivity contribution in [1.29, 1.82) is 0 Å². The van der Waals surface area contributed by atoms with Crippen molar-refractivity contribution in [3.63, 3.8) is 0 Å². The van der Waals surface area contributed by atoms with Crippen LogP contribution in [0.2, 0.25) is 0 Å². The van der Waals surface area contributed by atoms with Crippen molar-refractivity contribution in [2.24, 2.45) is 0 Å². The molecule has 0 radical (unpaired) electrons. The van der Waals surface area contributed by atoms with E-state index in [9.17, 15) is 19.8 Å². The molecule has 7 heteroatoms. The molecular formula is C8H10NiO4S2. The van der Waals surface area contributed by atoms with Crippen LogP contribution in [-0.2, 0) is 26.1 Å². The summed E-state index contributed by atoms with van der Waals surface area (Å²) in [5.41, 5.74) is 0. The van der Waals surface area contributed by atoms with Gasteiger partial charge in [-0.15, -0.1) is 0 Å². The number of aliphatic carboxylic acids is 2. The SMILES string of the molecule is O=C([O-])CSCC=CCSCC(=O)[O-].[Ni+2]. The van der Waals surface area contributed by atoms with Gasteiger partial charge in [0.2, 0.25) is 0 Å². The van der Waals surface area contributed by atoms with E-state index in [0.29, 0.717) is 11.5 Å². The second-order valence-electron chi connectivity index (χ2n) is 2.25. The summed E-state index contributed by atoms with van der Waals surface area (Å²) in [6, 6.07) is 0. The van der Waals surface area contributed by atoms with E-state index in [-0.39, 0.29) is 28.0 Å². The van der Waals surface area contributed by atoms with Crippen molar-refractivity contribution in [2.45, 2.75) is 0 Å². The Kier molecular flexibility index (Phi) is 13.8. The molecule has 0 aliphatic carbocycles. The Morgan fingerprint density at radius 1 is 0.933 bits per heavy atom. The summed E-state index contributed by atoms with van der Waals surface area (Å²) in [5.74, 6) is -0.989. The van der Waals surface area contributed by atoms with Crippen LogP contribution in [-0.4, -0.2) is 35.0 Å². The van der Waals surface area contributed by atoms with Crippen molar-refractivity contribution in [1.82, 2.24) is 0 Å². The van der Waals surface area contributed by atoms with Crippen LogP contribution in [0.4, 0.5) is 0 Å². The third-order valence-electron chi connectivity index (χ3n) is 1.03. The van der Waals surface area contributed by atoms with E-state index in [2.05, 4.69) is 0 Å². The Morgan fingerprint density at radius 2 is 1.27 bits per heavy atom. The first-order chi connectivity index (χ1) is 6.63. The van der Waals surface area contributed by atoms with Gasteiger partial charge in [-0.3, -0.25) is 0 Å². The molecule has 0 N–H and O–H groups in total. The predicted molar refractivity (Wildman–Crippen MR) is 53.8 cm³/mol. The van der Waals surface area contributed by atoms with Crippen LogP contribution in [0.3, 0.4) is 0 Å². The van der Waals surface area contributed by atoms with Gasteiger partial charge in [0.15, 0.2) is 0 Å². The van der Waals surface area contributed by atoms with Crippen LogP contribution in [0.1, 0.15) is 0 Å². The fraction of sp³-hybridized carbons (Fsp3) is 0.500. The average Bonchev–Trinajstić information content (AvgIpc) is 2.08. The molecule has 0 aliphatic rings. The molecule has 0 rings (SSSR count). The largest absolute Gasteiger partial charge is 2.00 e. The number of thioether (sulfide) groups is 2. The fourth-order valence-electron chi connectivity index (χ4n) is 0.557. The zero-order chi connectivity index (χ0) is 10.8. The van der Waals surface area contributed by atoms with Crippen LogP contribution in [0.25, 0.3) is 0 Å². The first-order valence-electron chi connectivity index (χ1n) is 3.83. The first-order valence-corrected chi connectivity index (χ1v) is 6.14. The van der Waals surface area contributed by atoms with Crippen molar-refractivity contribution in [3.8, 4) is 0 Å². The summed E-state index contributed by atoms with van der Waals surface area (Å²) in [5, 5.41) is 20.0. The zero-order valence-corrected chi connectivity index (χ0v) is 10.4. The van der Waals surface area contributed by atoms with E-state index in [1.807, 2.05) is 0 Å². The molecular weight excluding hydrogens is 283 g/mol. The second-order valence-corrected chi connectivity index (χ2v) is 4.31. The van der Waals surface area contributed by atoms with Gasteiger partial charge in [-0.1, -0.05) is 12.2 Å². The Hall–Kier alpha value is -0.126. The third-order valence-corrected chi connectivity index (χ3v) is 2.77. The van der Waals surface area contributed by atoms with Gasteiger partial charge < -0.3 is 19.8 Å². The topological polar surface area (TPSA) is 80.3 Å². The Balaban J connectivity index is 0. The number of hydrogen-bond acceptors (Lipinski definition) is 6. The van der Waals surface area contributed by atoms with Gasteiger partial charge in [-0.05, 0) is 0 Å². The maximum Gasteiger partial charge on any atom is 2.00 e. The van der Waals surface area contributed by atoms with Crippen molar-refractivity contribution < 1.29 is 36.3 Å². The molecule has 0 atom stereocenters. The molecule has 0 fully saturated rings. The number of carboxylic acids is 2. The molecule has 0 amide bonds. The molecule has 0 unspecified atom stereocenters. The van der Waals surface area contributed by atoms with Gasteiger partial charge in [0.1, 0.15) is 0 Å². The van der Waals surface area contributed by atoms with E-state index in [4.69, 9.17) is 0 Å².